The second kappa shape index (κ2) is 9.04. The monoisotopic (exact) mass is 489 g/mol. The molecule has 0 aliphatic heterocycles. The summed E-state index contributed by atoms with van der Waals surface area (Å²) in [5, 5.41) is 5.94. The Morgan fingerprint density at radius 1 is 1.10 bits per heavy atom. The van der Waals surface area contributed by atoms with E-state index in [2.05, 4.69) is 10.3 Å². The van der Waals surface area contributed by atoms with Crippen molar-refractivity contribution in [2.75, 3.05) is 11.1 Å². The fourth-order valence-corrected chi connectivity index (χ4v) is 5.13. The molecule has 4 aromatic rings. The molecule has 0 atom stereocenters. The van der Waals surface area contributed by atoms with Crippen LogP contribution in [0.15, 0.2) is 57.8 Å². The molecule has 2 aromatic heterocycles. The molecule has 2 heterocycles. The normalized spacial score (nSPS) is 11.1. The maximum atomic E-state index is 13.2. The quantitative estimate of drug-likeness (QED) is 0.271. The number of halogens is 2. The molecule has 5 nitrogen and oxygen atoms in total. The van der Waals surface area contributed by atoms with E-state index >= 15 is 0 Å². The van der Waals surface area contributed by atoms with Crippen molar-refractivity contribution in [1.29, 1.82) is 0 Å². The number of thioether (sulfide) groups is 1. The van der Waals surface area contributed by atoms with E-state index in [1.807, 2.05) is 43.5 Å². The van der Waals surface area contributed by atoms with Crippen molar-refractivity contribution in [2.45, 2.75) is 19.0 Å². The zero-order chi connectivity index (χ0) is 22.1. The number of benzene rings is 2. The predicted octanol–water partition coefficient (Wildman–Crippen LogP) is 6.10. The number of nitrogens with one attached hydrogen (secondary N) is 1. The maximum Gasteiger partial charge on any atom is 0.276 e. The number of nitrogens with zero attached hydrogens (tertiary/aromatic N) is 2. The van der Waals surface area contributed by atoms with Crippen LogP contribution in [0, 0.1) is 13.8 Å². The zero-order valence-electron chi connectivity index (χ0n) is 16.6. The number of aromatic nitrogens is 2. The fourth-order valence-electron chi connectivity index (χ4n) is 3.03. The predicted molar refractivity (Wildman–Crippen MR) is 131 cm³/mol. The molecule has 0 saturated heterocycles. The summed E-state index contributed by atoms with van der Waals surface area (Å²) in [5.41, 5.74) is 3.92. The van der Waals surface area contributed by atoms with E-state index in [4.69, 9.17) is 23.2 Å². The molecule has 4 rings (SSSR count). The number of hydrogen-bond donors (Lipinski definition) is 1. The van der Waals surface area contributed by atoms with Crippen LogP contribution >= 0.6 is 46.3 Å². The molecule has 0 unspecified atom stereocenters. The average Bonchev–Trinajstić information content (AvgIpc) is 3.17. The van der Waals surface area contributed by atoms with Crippen molar-refractivity contribution < 1.29 is 4.79 Å². The van der Waals surface area contributed by atoms with E-state index in [-0.39, 0.29) is 17.2 Å². The number of aryl methyl sites for hydroxylation is 2. The summed E-state index contributed by atoms with van der Waals surface area (Å²) in [6.07, 6.45) is 0. The van der Waals surface area contributed by atoms with Gasteiger partial charge >= 0.3 is 0 Å². The lowest BCUT2D eigenvalue weighted by atomic mass is 10.1. The minimum absolute atomic E-state index is 0.0665. The van der Waals surface area contributed by atoms with Crippen LogP contribution in [0.5, 0.6) is 0 Å². The Morgan fingerprint density at radius 3 is 2.55 bits per heavy atom. The van der Waals surface area contributed by atoms with Gasteiger partial charge in [0.15, 0.2) is 5.16 Å². The van der Waals surface area contributed by atoms with Gasteiger partial charge in [-0.1, -0.05) is 41.0 Å². The van der Waals surface area contributed by atoms with Gasteiger partial charge in [-0.2, -0.15) is 0 Å². The number of fused-ring (bicyclic) bond motifs is 1. The molecule has 0 fully saturated rings. The van der Waals surface area contributed by atoms with Gasteiger partial charge in [-0.3, -0.25) is 14.2 Å². The summed E-state index contributed by atoms with van der Waals surface area (Å²) in [6, 6.07) is 12.5. The lowest BCUT2D eigenvalue weighted by molar-refractivity contribution is -0.113. The van der Waals surface area contributed by atoms with Crippen molar-refractivity contribution >= 4 is 68.1 Å². The minimum Gasteiger partial charge on any atom is -0.325 e. The van der Waals surface area contributed by atoms with Crippen LogP contribution in [0.2, 0.25) is 10.0 Å². The molecular weight excluding hydrogens is 473 g/mol. The van der Waals surface area contributed by atoms with Crippen molar-refractivity contribution in [3.63, 3.8) is 0 Å². The van der Waals surface area contributed by atoms with Crippen molar-refractivity contribution in [3.05, 3.63) is 79.4 Å². The molecule has 1 amide bonds. The number of anilines is 1. The highest BCUT2D eigenvalue weighted by atomic mass is 35.5. The van der Waals surface area contributed by atoms with Gasteiger partial charge < -0.3 is 5.32 Å². The molecule has 0 bridgehead atoms. The highest BCUT2D eigenvalue weighted by Crippen LogP contribution is 2.26. The molecule has 0 aliphatic carbocycles. The Morgan fingerprint density at radius 2 is 1.84 bits per heavy atom. The Labute approximate surface area is 197 Å². The summed E-state index contributed by atoms with van der Waals surface area (Å²) < 4.78 is 2.15. The number of carbonyl (C=O) groups is 1. The van der Waals surface area contributed by atoms with Crippen molar-refractivity contribution in [3.8, 4) is 5.69 Å². The Balaban J connectivity index is 1.65. The highest BCUT2D eigenvalue weighted by molar-refractivity contribution is 7.99. The van der Waals surface area contributed by atoms with E-state index in [9.17, 15) is 9.59 Å². The van der Waals surface area contributed by atoms with Crippen LogP contribution in [0.1, 0.15) is 11.1 Å². The van der Waals surface area contributed by atoms with Gasteiger partial charge in [-0.15, -0.1) is 11.3 Å². The molecule has 0 saturated carbocycles. The third-order valence-electron chi connectivity index (χ3n) is 4.68. The van der Waals surface area contributed by atoms with Gasteiger partial charge in [0.2, 0.25) is 5.91 Å². The lowest BCUT2D eigenvalue weighted by Crippen LogP contribution is -2.22. The van der Waals surface area contributed by atoms with Crippen LogP contribution in [0.3, 0.4) is 0 Å². The molecule has 31 heavy (non-hydrogen) atoms. The summed E-state index contributed by atoms with van der Waals surface area (Å²) in [4.78, 5) is 30.4. The molecule has 158 valence electrons. The van der Waals surface area contributed by atoms with Gasteiger partial charge in [0.05, 0.1) is 17.0 Å². The molecule has 0 aliphatic rings. The van der Waals surface area contributed by atoms with Crippen LogP contribution < -0.4 is 10.9 Å². The van der Waals surface area contributed by atoms with Crippen LogP contribution in [-0.2, 0) is 4.79 Å². The fraction of sp³-hybridized carbons (Fsp3) is 0.136. The third-order valence-corrected chi connectivity index (χ3v) is 6.94. The molecule has 9 heteroatoms. The number of thiophene rings is 1. The molecule has 0 radical (unpaired) electrons. The molecule has 2 aromatic carbocycles. The van der Waals surface area contributed by atoms with Crippen LogP contribution in [-0.4, -0.2) is 21.2 Å². The van der Waals surface area contributed by atoms with Crippen molar-refractivity contribution in [1.82, 2.24) is 9.55 Å². The first-order valence-corrected chi connectivity index (χ1v) is 11.9. The zero-order valence-corrected chi connectivity index (χ0v) is 19.8. The SMILES string of the molecule is Cc1ccc(-n2c(SCC(=O)Nc3cc(Cl)cc(Cl)c3)nc3ccsc3c2=O)cc1C. The Bertz CT molecular complexity index is 1340. The van der Waals surface area contributed by atoms with E-state index < -0.39 is 0 Å². The van der Waals surface area contributed by atoms with E-state index in [0.29, 0.717) is 31.1 Å². The maximum absolute atomic E-state index is 13.2. The third kappa shape index (κ3) is 4.80. The summed E-state index contributed by atoms with van der Waals surface area (Å²) in [5.74, 6) is -0.188. The van der Waals surface area contributed by atoms with Gasteiger partial charge in [-0.25, -0.2) is 4.98 Å². The first-order chi connectivity index (χ1) is 14.8. The second-order valence-corrected chi connectivity index (χ2v) is 9.66. The summed E-state index contributed by atoms with van der Waals surface area (Å²) >= 11 is 14.5. The van der Waals surface area contributed by atoms with Crippen molar-refractivity contribution in [2.24, 2.45) is 0 Å². The number of carbonyl (C=O) groups excluding carboxylic acids is 1. The highest BCUT2D eigenvalue weighted by Gasteiger charge is 2.16. The van der Waals surface area contributed by atoms with Gasteiger partial charge in [-0.05, 0) is 66.8 Å². The topological polar surface area (TPSA) is 64.0 Å². The Hall–Kier alpha value is -2.32. The summed E-state index contributed by atoms with van der Waals surface area (Å²) in [7, 11) is 0. The van der Waals surface area contributed by atoms with E-state index in [0.717, 1.165) is 16.8 Å². The number of amides is 1. The second-order valence-electron chi connectivity index (χ2n) is 6.93. The first kappa shape index (κ1) is 21.9. The van der Waals surface area contributed by atoms with E-state index in [1.54, 1.807) is 22.8 Å². The van der Waals surface area contributed by atoms with E-state index in [1.165, 1.54) is 23.1 Å². The smallest absolute Gasteiger partial charge is 0.276 e. The van der Waals surface area contributed by atoms with Gasteiger partial charge in [0, 0.05) is 15.7 Å². The standard InChI is InChI=1S/C22H17Cl2N3O2S2/c1-12-3-4-17(7-13(12)2)27-21(29)20-18(5-6-30-20)26-22(27)31-11-19(28)25-16-9-14(23)8-15(24)10-16/h3-10H,11H2,1-2H3,(H,25,28). The number of hydrogen-bond acceptors (Lipinski definition) is 5. The Kier molecular flexibility index (Phi) is 6.39. The average molecular weight is 490 g/mol. The lowest BCUT2D eigenvalue weighted by Gasteiger charge is -2.13. The largest absolute Gasteiger partial charge is 0.325 e. The number of rotatable bonds is 5. The molecule has 1 N–H and O–H groups in total. The van der Waals surface area contributed by atoms with Crippen LogP contribution in [0.4, 0.5) is 5.69 Å². The summed E-state index contributed by atoms with van der Waals surface area (Å²) in [6.45, 7) is 4.02. The van der Waals surface area contributed by atoms with Gasteiger partial charge in [0.25, 0.3) is 5.56 Å². The first-order valence-electron chi connectivity index (χ1n) is 9.28. The van der Waals surface area contributed by atoms with Gasteiger partial charge in [0.1, 0.15) is 4.70 Å². The van der Waals surface area contributed by atoms with Crippen LogP contribution in [0.25, 0.3) is 15.9 Å². The molecule has 0 spiro atoms. The molecular formula is C22H17Cl2N3O2S2. The minimum atomic E-state index is -0.255.